The normalized spacial score (nSPS) is 13.6. The van der Waals surface area contributed by atoms with Crippen LogP contribution in [-0.2, 0) is 19.4 Å². The maximum absolute atomic E-state index is 11.3. The van der Waals surface area contributed by atoms with Gasteiger partial charge in [-0.3, -0.25) is 4.79 Å². The minimum absolute atomic E-state index is 0.113. The molecule has 0 saturated carbocycles. The number of fused-ring (bicyclic) bond motifs is 1. The number of aryl methyl sites for hydroxylation is 2. The topological polar surface area (TPSA) is 57.8 Å². The summed E-state index contributed by atoms with van der Waals surface area (Å²) in [6, 6.07) is 2.24. The Bertz CT molecular complexity index is 613. The van der Waals surface area contributed by atoms with Crippen LogP contribution < -0.4 is 10.9 Å². The van der Waals surface area contributed by atoms with E-state index in [0.717, 1.165) is 0 Å². The Morgan fingerprint density at radius 3 is 3.22 bits per heavy atom. The van der Waals surface area contributed by atoms with Crippen LogP contribution in [0, 0.1) is 0 Å². The quantitative estimate of drug-likeness (QED) is 0.909. The average Bonchev–Trinajstić information content (AvgIpc) is 2.91. The fourth-order valence-corrected chi connectivity index (χ4v) is 3.53. The zero-order valence-corrected chi connectivity index (χ0v) is 11.2. The van der Waals surface area contributed by atoms with Crippen LogP contribution in [0.1, 0.15) is 21.7 Å². The molecule has 0 unspecified atom stereocenters. The highest BCUT2D eigenvalue weighted by Crippen LogP contribution is 2.31. The van der Waals surface area contributed by atoms with Crippen molar-refractivity contribution >= 4 is 28.8 Å². The van der Waals surface area contributed by atoms with Gasteiger partial charge in [0.2, 0.25) is 0 Å². The third kappa shape index (κ3) is 2.15. The third-order valence-electron chi connectivity index (χ3n) is 3.02. The molecule has 2 aromatic heterocycles. The van der Waals surface area contributed by atoms with Crippen LogP contribution in [-0.4, -0.2) is 9.97 Å². The van der Waals surface area contributed by atoms with E-state index < -0.39 is 0 Å². The fraction of sp³-hybridized carbons (Fsp3) is 0.333. The predicted octanol–water partition coefficient (Wildman–Crippen LogP) is 2.59. The first kappa shape index (κ1) is 11.7. The molecule has 0 amide bonds. The van der Waals surface area contributed by atoms with E-state index in [1.165, 1.54) is 40.9 Å². The molecule has 2 N–H and O–H groups in total. The first-order chi connectivity index (χ1) is 8.74. The van der Waals surface area contributed by atoms with Crippen molar-refractivity contribution in [2.45, 2.75) is 25.8 Å². The van der Waals surface area contributed by atoms with E-state index in [1.54, 1.807) is 0 Å². The fourth-order valence-electron chi connectivity index (χ4n) is 2.15. The molecule has 6 heteroatoms. The van der Waals surface area contributed by atoms with Gasteiger partial charge in [-0.05, 0) is 30.9 Å². The number of anilines is 1. The number of rotatable bonds is 3. The Kier molecular flexibility index (Phi) is 3.09. The summed E-state index contributed by atoms with van der Waals surface area (Å²) in [5.74, 6) is 0.439. The molecule has 2 heterocycles. The summed E-state index contributed by atoms with van der Waals surface area (Å²) >= 11 is 7.70. The van der Waals surface area contributed by atoms with Crippen molar-refractivity contribution in [3.8, 4) is 0 Å². The van der Waals surface area contributed by atoms with E-state index in [9.17, 15) is 4.79 Å². The Morgan fingerprint density at radius 2 is 2.39 bits per heavy atom. The molecular weight excluding hydrogens is 270 g/mol. The van der Waals surface area contributed by atoms with Crippen LogP contribution in [0.2, 0.25) is 5.02 Å². The second-order valence-corrected chi connectivity index (χ2v) is 5.86. The molecule has 0 saturated heterocycles. The zero-order chi connectivity index (χ0) is 12.5. The number of aromatic amines is 1. The molecule has 0 fully saturated rings. The number of thiophene rings is 1. The third-order valence-corrected chi connectivity index (χ3v) is 4.61. The van der Waals surface area contributed by atoms with Gasteiger partial charge in [-0.1, -0.05) is 11.6 Å². The summed E-state index contributed by atoms with van der Waals surface area (Å²) in [4.78, 5) is 20.5. The van der Waals surface area contributed by atoms with E-state index in [1.807, 2.05) is 11.3 Å². The van der Waals surface area contributed by atoms with Crippen LogP contribution >= 0.6 is 22.9 Å². The smallest absolute Gasteiger partial charge is 0.271 e. The van der Waals surface area contributed by atoms with Gasteiger partial charge in [0.05, 0.1) is 12.9 Å². The molecule has 0 radical (unpaired) electrons. The van der Waals surface area contributed by atoms with Crippen molar-refractivity contribution in [1.29, 1.82) is 0 Å². The summed E-state index contributed by atoms with van der Waals surface area (Å²) < 4.78 is 0. The summed E-state index contributed by atoms with van der Waals surface area (Å²) in [6.07, 6.45) is 5.02. The highest BCUT2D eigenvalue weighted by Gasteiger charge is 2.15. The van der Waals surface area contributed by atoms with Gasteiger partial charge in [-0.2, -0.15) is 0 Å². The molecule has 94 valence electrons. The predicted molar refractivity (Wildman–Crippen MR) is 73.5 cm³/mol. The minimum atomic E-state index is -0.317. The molecule has 3 rings (SSSR count). The lowest BCUT2D eigenvalue weighted by Crippen LogP contribution is -2.11. The molecular formula is C12H12ClN3OS. The van der Waals surface area contributed by atoms with E-state index >= 15 is 0 Å². The van der Waals surface area contributed by atoms with Gasteiger partial charge in [0.25, 0.3) is 5.56 Å². The maximum Gasteiger partial charge on any atom is 0.271 e. The lowest BCUT2D eigenvalue weighted by Gasteiger charge is -2.04. The van der Waals surface area contributed by atoms with Crippen LogP contribution in [0.4, 0.5) is 5.82 Å². The number of nitrogens with zero attached hydrogens (tertiary/aromatic N) is 1. The van der Waals surface area contributed by atoms with Crippen LogP contribution in [0.5, 0.6) is 0 Å². The highest BCUT2D eigenvalue weighted by atomic mass is 35.5. The Labute approximate surface area is 113 Å². The number of aromatic nitrogens is 2. The van der Waals surface area contributed by atoms with E-state index in [0.29, 0.717) is 12.4 Å². The lowest BCUT2D eigenvalue weighted by atomic mass is 10.2. The first-order valence-corrected chi connectivity index (χ1v) is 7.01. The van der Waals surface area contributed by atoms with Crippen molar-refractivity contribution < 1.29 is 0 Å². The van der Waals surface area contributed by atoms with Crippen LogP contribution in [0.3, 0.4) is 0 Å². The Balaban J connectivity index is 1.74. The largest absolute Gasteiger partial charge is 0.364 e. The summed E-state index contributed by atoms with van der Waals surface area (Å²) in [5, 5.41) is 3.22. The van der Waals surface area contributed by atoms with Gasteiger partial charge in [0, 0.05) is 9.75 Å². The number of halogens is 1. The number of hydrogen-bond acceptors (Lipinski definition) is 4. The number of nitrogens with one attached hydrogen (secondary N) is 2. The SMILES string of the molecule is O=c1[nH]cnc(NCc2cc3c(s2)CCC3)c1Cl. The van der Waals surface area contributed by atoms with Gasteiger partial charge in [-0.15, -0.1) is 11.3 Å². The lowest BCUT2D eigenvalue weighted by molar-refractivity contribution is 0.913. The van der Waals surface area contributed by atoms with E-state index in [2.05, 4.69) is 21.4 Å². The van der Waals surface area contributed by atoms with Crippen LogP contribution in [0.15, 0.2) is 17.2 Å². The van der Waals surface area contributed by atoms with Crippen molar-refractivity contribution in [2.24, 2.45) is 0 Å². The molecule has 0 spiro atoms. The molecule has 4 nitrogen and oxygen atoms in total. The molecule has 0 atom stereocenters. The standard InChI is InChI=1S/C12H12ClN3OS/c13-10-11(15-6-16-12(10)17)14-5-8-4-7-2-1-3-9(7)18-8/h4,6H,1-3,5H2,(H2,14,15,16,17). The second kappa shape index (κ2) is 4.74. The molecule has 1 aliphatic rings. The molecule has 0 aliphatic heterocycles. The maximum atomic E-state index is 11.3. The van der Waals surface area contributed by atoms with Gasteiger partial charge >= 0.3 is 0 Å². The van der Waals surface area contributed by atoms with Crippen molar-refractivity contribution in [2.75, 3.05) is 5.32 Å². The molecule has 0 aromatic carbocycles. The average molecular weight is 282 g/mol. The second-order valence-electron chi connectivity index (χ2n) is 4.26. The van der Waals surface area contributed by atoms with Gasteiger partial charge in [0.1, 0.15) is 5.02 Å². The van der Waals surface area contributed by atoms with Gasteiger partial charge < -0.3 is 10.3 Å². The molecule has 0 bridgehead atoms. The van der Waals surface area contributed by atoms with Crippen LogP contribution in [0.25, 0.3) is 0 Å². The Hall–Kier alpha value is -1.33. The zero-order valence-electron chi connectivity index (χ0n) is 9.62. The minimum Gasteiger partial charge on any atom is -0.364 e. The van der Waals surface area contributed by atoms with E-state index in [-0.39, 0.29) is 10.6 Å². The molecule has 18 heavy (non-hydrogen) atoms. The van der Waals surface area contributed by atoms with Crippen molar-refractivity contribution in [3.63, 3.8) is 0 Å². The van der Waals surface area contributed by atoms with E-state index in [4.69, 9.17) is 11.6 Å². The van der Waals surface area contributed by atoms with Crippen molar-refractivity contribution in [1.82, 2.24) is 9.97 Å². The van der Waals surface area contributed by atoms with Gasteiger partial charge in [-0.25, -0.2) is 4.98 Å². The highest BCUT2D eigenvalue weighted by molar-refractivity contribution is 7.12. The molecule has 1 aliphatic carbocycles. The number of hydrogen-bond donors (Lipinski definition) is 2. The summed E-state index contributed by atoms with van der Waals surface area (Å²) in [5.41, 5.74) is 1.16. The molecule has 2 aromatic rings. The Morgan fingerprint density at radius 1 is 1.50 bits per heavy atom. The first-order valence-electron chi connectivity index (χ1n) is 5.81. The van der Waals surface area contributed by atoms with Crippen molar-refractivity contribution in [3.05, 3.63) is 43.1 Å². The summed E-state index contributed by atoms with van der Waals surface area (Å²) in [7, 11) is 0. The summed E-state index contributed by atoms with van der Waals surface area (Å²) in [6.45, 7) is 0.661. The number of H-pyrrole nitrogens is 1. The monoisotopic (exact) mass is 281 g/mol. The van der Waals surface area contributed by atoms with Gasteiger partial charge in [0.15, 0.2) is 5.82 Å².